The maximum Gasteiger partial charge on any atom is 0.323 e. The van der Waals surface area contributed by atoms with Crippen molar-refractivity contribution in [2.75, 3.05) is 31.5 Å². The Labute approximate surface area is 155 Å². The predicted molar refractivity (Wildman–Crippen MR) is 104 cm³/mol. The van der Waals surface area contributed by atoms with Crippen LogP contribution in [0.3, 0.4) is 0 Å². The molecule has 0 radical (unpaired) electrons. The number of urea groups is 1. The number of amides is 2. The molecule has 2 heterocycles. The molecule has 0 spiro atoms. The van der Waals surface area contributed by atoms with Crippen LogP contribution in [0.1, 0.15) is 32.4 Å². The van der Waals surface area contributed by atoms with E-state index in [1.54, 1.807) is 6.20 Å². The third-order valence-electron chi connectivity index (χ3n) is 5.16. The van der Waals surface area contributed by atoms with E-state index in [-0.39, 0.29) is 12.1 Å². The Balaban J connectivity index is 1.52. The highest BCUT2D eigenvalue weighted by Gasteiger charge is 2.23. The zero-order chi connectivity index (χ0) is 18.5. The molecule has 1 atom stereocenters. The molecule has 0 unspecified atom stereocenters. The number of carbonyl (C=O) groups excluding carboxylic acids is 1. The lowest BCUT2D eigenvalue weighted by molar-refractivity contribution is 0.143. The largest absolute Gasteiger partial charge is 0.323 e. The number of piperazine rings is 1. The van der Waals surface area contributed by atoms with E-state index in [4.69, 9.17) is 0 Å². The minimum Gasteiger partial charge on any atom is -0.322 e. The molecule has 2 amide bonds. The van der Waals surface area contributed by atoms with Gasteiger partial charge in [0.1, 0.15) is 5.82 Å². The number of benzene rings is 1. The first-order valence-corrected chi connectivity index (χ1v) is 9.40. The highest BCUT2D eigenvalue weighted by atomic mass is 16.2. The van der Waals surface area contributed by atoms with Gasteiger partial charge in [0, 0.05) is 38.8 Å². The quantitative estimate of drug-likeness (QED) is 0.894. The van der Waals surface area contributed by atoms with Crippen LogP contribution in [0.4, 0.5) is 10.6 Å². The predicted octanol–water partition coefficient (Wildman–Crippen LogP) is 3.45. The minimum atomic E-state index is -0.0398. The fourth-order valence-electron chi connectivity index (χ4n) is 3.16. The first-order valence-electron chi connectivity index (χ1n) is 9.40. The molecule has 1 aliphatic rings. The van der Waals surface area contributed by atoms with Crippen LogP contribution < -0.4 is 5.32 Å². The lowest BCUT2D eigenvalue weighted by atomic mass is 10.1. The summed E-state index contributed by atoms with van der Waals surface area (Å²) in [5.41, 5.74) is 1.32. The van der Waals surface area contributed by atoms with Gasteiger partial charge in [-0.05, 0) is 18.4 Å². The monoisotopic (exact) mass is 355 g/mol. The fourth-order valence-corrected chi connectivity index (χ4v) is 3.16. The number of hydrogen-bond donors (Lipinski definition) is 1. The number of nitrogens with one attached hydrogen (secondary N) is 1. The first-order chi connectivity index (χ1) is 12.5. The van der Waals surface area contributed by atoms with Crippen LogP contribution in [0, 0.1) is 5.92 Å². The summed E-state index contributed by atoms with van der Waals surface area (Å²) >= 11 is 0. The molecule has 0 aliphatic carbocycles. The molecule has 2 aromatic rings. The number of anilines is 1. The van der Waals surface area contributed by atoms with Crippen molar-refractivity contribution in [3.8, 4) is 0 Å². The van der Waals surface area contributed by atoms with Crippen molar-refractivity contribution in [1.82, 2.24) is 19.6 Å². The van der Waals surface area contributed by atoms with E-state index in [1.165, 1.54) is 5.56 Å². The summed E-state index contributed by atoms with van der Waals surface area (Å²) in [7, 11) is 0. The molecule has 1 saturated heterocycles. The van der Waals surface area contributed by atoms with Crippen molar-refractivity contribution in [3.05, 3.63) is 48.2 Å². The van der Waals surface area contributed by atoms with Gasteiger partial charge in [-0.15, -0.1) is 0 Å². The van der Waals surface area contributed by atoms with Crippen molar-refractivity contribution < 1.29 is 4.79 Å². The Morgan fingerprint density at radius 2 is 1.77 bits per heavy atom. The SMILES string of the molecule is CC(C)[C@@H](C)n1nccc1NC(=O)N1CCN(Cc2ccccc2)CC1. The summed E-state index contributed by atoms with van der Waals surface area (Å²) in [6.07, 6.45) is 1.74. The lowest BCUT2D eigenvalue weighted by Gasteiger charge is -2.34. The van der Waals surface area contributed by atoms with E-state index >= 15 is 0 Å². The van der Waals surface area contributed by atoms with E-state index in [0.29, 0.717) is 5.92 Å². The van der Waals surface area contributed by atoms with Crippen molar-refractivity contribution in [3.63, 3.8) is 0 Å². The smallest absolute Gasteiger partial charge is 0.322 e. The van der Waals surface area contributed by atoms with Crippen LogP contribution in [0.15, 0.2) is 42.6 Å². The molecular weight excluding hydrogens is 326 g/mol. The lowest BCUT2D eigenvalue weighted by Crippen LogP contribution is -2.49. The molecule has 0 saturated carbocycles. The van der Waals surface area contributed by atoms with Gasteiger partial charge >= 0.3 is 6.03 Å². The fraction of sp³-hybridized carbons (Fsp3) is 0.500. The van der Waals surface area contributed by atoms with Crippen LogP contribution >= 0.6 is 0 Å². The molecule has 140 valence electrons. The van der Waals surface area contributed by atoms with Crippen LogP contribution in [0.25, 0.3) is 0 Å². The second kappa shape index (κ2) is 8.36. The second-order valence-electron chi connectivity index (χ2n) is 7.32. The summed E-state index contributed by atoms with van der Waals surface area (Å²) in [6, 6.07) is 12.5. The van der Waals surface area contributed by atoms with E-state index in [2.05, 4.69) is 60.4 Å². The average molecular weight is 355 g/mol. The van der Waals surface area contributed by atoms with Gasteiger partial charge in [-0.3, -0.25) is 10.2 Å². The maximum absolute atomic E-state index is 12.6. The molecule has 1 fully saturated rings. The second-order valence-corrected chi connectivity index (χ2v) is 7.32. The van der Waals surface area contributed by atoms with E-state index < -0.39 is 0 Å². The molecule has 6 nitrogen and oxygen atoms in total. The van der Waals surface area contributed by atoms with Crippen molar-refractivity contribution >= 4 is 11.8 Å². The summed E-state index contributed by atoms with van der Waals surface area (Å²) in [5.74, 6) is 1.22. The highest BCUT2D eigenvalue weighted by Crippen LogP contribution is 2.21. The molecule has 0 bridgehead atoms. The van der Waals surface area contributed by atoms with Crippen LogP contribution in [-0.2, 0) is 6.54 Å². The van der Waals surface area contributed by atoms with Gasteiger partial charge in [0.05, 0.1) is 12.2 Å². The summed E-state index contributed by atoms with van der Waals surface area (Å²) in [5, 5.41) is 7.40. The Kier molecular flexibility index (Phi) is 5.93. The molecule has 3 rings (SSSR count). The minimum absolute atomic E-state index is 0.0398. The number of hydrogen-bond acceptors (Lipinski definition) is 3. The van der Waals surface area contributed by atoms with Gasteiger partial charge < -0.3 is 4.90 Å². The van der Waals surface area contributed by atoms with Crippen LogP contribution in [0.5, 0.6) is 0 Å². The first kappa shape index (κ1) is 18.5. The van der Waals surface area contributed by atoms with E-state index in [1.807, 2.05) is 21.7 Å². The highest BCUT2D eigenvalue weighted by molar-refractivity contribution is 5.88. The zero-order valence-electron chi connectivity index (χ0n) is 15.9. The van der Waals surface area contributed by atoms with E-state index in [0.717, 1.165) is 38.5 Å². The molecule has 1 aliphatic heterocycles. The molecular formula is C20H29N5O. The average Bonchev–Trinajstić information content (AvgIpc) is 3.10. The maximum atomic E-state index is 12.6. The summed E-state index contributed by atoms with van der Waals surface area (Å²) < 4.78 is 1.90. The molecule has 1 aromatic heterocycles. The normalized spacial score (nSPS) is 16.7. The van der Waals surface area contributed by atoms with Gasteiger partial charge in [0.25, 0.3) is 0 Å². The Bertz CT molecular complexity index is 704. The third-order valence-corrected chi connectivity index (χ3v) is 5.16. The van der Waals surface area contributed by atoms with Crippen LogP contribution in [0.2, 0.25) is 0 Å². The van der Waals surface area contributed by atoms with Crippen molar-refractivity contribution in [2.24, 2.45) is 5.92 Å². The molecule has 26 heavy (non-hydrogen) atoms. The van der Waals surface area contributed by atoms with Gasteiger partial charge in [0.2, 0.25) is 0 Å². The Hall–Kier alpha value is -2.34. The topological polar surface area (TPSA) is 53.4 Å². The van der Waals surface area contributed by atoms with Crippen molar-refractivity contribution in [1.29, 1.82) is 0 Å². The van der Waals surface area contributed by atoms with Gasteiger partial charge in [-0.2, -0.15) is 5.10 Å². The van der Waals surface area contributed by atoms with Gasteiger partial charge in [-0.1, -0.05) is 44.2 Å². The van der Waals surface area contributed by atoms with Crippen molar-refractivity contribution in [2.45, 2.75) is 33.4 Å². The molecule has 1 N–H and O–H groups in total. The summed E-state index contributed by atoms with van der Waals surface area (Å²) in [6.45, 7) is 10.6. The van der Waals surface area contributed by atoms with Gasteiger partial charge in [0.15, 0.2) is 0 Å². The molecule has 6 heteroatoms. The number of aromatic nitrogens is 2. The number of nitrogens with zero attached hydrogens (tertiary/aromatic N) is 4. The third kappa shape index (κ3) is 4.43. The Morgan fingerprint density at radius 1 is 1.08 bits per heavy atom. The van der Waals surface area contributed by atoms with E-state index in [9.17, 15) is 4.79 Å². The number of carbonyl (C=O) groups is 1. The molecule has 1 aromatic carbocycles. The number of rotatable bonds is 5. The van der Waals surface area contributed by atoms with Gasteiger partial charge in [-0.25, -0.2) is 9.48 Å². The van der Waals surface area contributed by atoms with Crippen LogP contribution in [-0.4, -0.2) is 51.8 Å². The zero-order valence-corrected chi connectivity index (χ0v) is 15.9. The standard InChI is InChI=1S/C20H29N5O/c1-16(2)17(3)25-19(9-10-21-25)22-20(26)24-13-11-23(12-14-24)15-18-7-5-4-6-8-18/h4-10,16-17H,11-15H2,1-3H3,(H,22,26)/t17-/m1/s1. The Morgan fingerprint density at radius 3 is 2.42 bits per heavy atom. The summed E-state index contributed by atoms with van der Waals surface area (Å²) in [4.78, 5) is 16.9.